The van der Waals surface area contributed by atoms with E-state index in [0.29, 0.717) is 10.7 Å². The zero-order chi connectivity index (χ0) is 21.3. The van der Waals surface area contributed by atoms with Crippen LogP contribution < -0.4 is 14.4 Å². The van der Waals surface area contributed by atoms with E-state index in [2.05, 4.69) is 5.32 Å². The Labute approximate surface area is 177 Å². The number of anilines is 2. The number of nitrogens with one attached hydrogen (secondary N) is 1. The number of halogens is 2. The molecule has 0 unspecified atom stereocenters. The summed E-state index contributed by atoms with van der Waals surface area (Å²) in [5.74, 6) is -1.03. The number of carbonyl (C=O) groups excluding carboxylic acids is 1. The third-order valence-electron chi connectivity index (χ3n) is 4.56. The van der Waals surface area contributed by atoms with Crippen molar-refractivity contribution in [2.45, 2.75) is 11.0 Å². The van der Waals surface area contributed by atoms with E-state index in [9.17, 15) is 17.6 Å². The molecular formula is C21H16ClFN2O4S. The standard InChI is InChI=1S/C21H16ClFN2O4S/c22-14-9-11-15(12-10-14)30(27,28)25-13-20(29-19-8-4-3-7-18(19)25)21(26)24-17-6-2-1-5-16(17)23/h1-12,20H,13H2,(H,24,26)/t20-/m0/s1. The van der Waals surface area contributed by atoms with Crippen molar-refractivity contribution in [1.29, 1.82) is 0 Å². The van der Waals surface area contributed by atoms with Gasteiger partial charge in [0, 0.05) is 5.02 Å². The fourth-order valence-electron chi connectivity index (χ4n) is 3.08. The molecule has 0 radical (unpaired) electrons. The minimum absolute atomic E-state index is 0.0166. The van der Waals surface area contributed by atoms with Crippen LogP contribution in [-0.2, 0) is 14.8 Å². The summed E-state index contributed by atoms with van der Waals surface area (Å²) in [4.78, 5) is 12.8. The third kappa shape index (κ3) is 3.83. The lowest BCUT2D eigenvalue weighted by Gasteiger charge is -2.34. The van der Waals surface area contributed by atoms with Gasteiger partial charge in [-0.05, 0) is 48.5 Å². The topological polar surface area (TPSA) is 75.7 Å². The summed E-state index contributed by atoms with van der Waals surface area (Å²) in [7, 11) is -4.00. The predicted molar refractivity (Wildman–Crippen MR) is 112 cm³/mol. The second-order valence-corrected chi connectivity index (χ2v) is 8.83. The Bertz CT molecular complexity index is 1200. The van der Waals surface area contributed by atoms with Crippen molar-refractivity contribution in [3.8, 4) is 5.75 Å². The highest BCUT2D eigenvalue weighted by Crippen LogP contribution is 2.37. The number of fused-ring (bicyclic) bond motifs is 1. The molecule has 3 aromatic carbocycles. The first kappa shape index (κ1) is 20.2. The fraction of sp³-hybridized carbons (Fsp3) is 0.0952. The minimum atomic E-state index is -4.00. The molecule has 1 aliphatic rings. The number of sulfonamides is 1. The highest BCUT2D eigenvalue weighted by atomic mass is 35.5. The van der Waals surface area contributed by atoms with E-state index in [1.807, 2.05) is 0 Å². The average Bonchev–Trinajstić information content (AvgIpc) is 2.74. The Morgan fingerprint density at radius 2 is 1.70 bits per heavy atom. The van der Waals surface area contributed by atoms with Crippen LogP contribution in [-0.4, -0.2) is 27.0 Å². The number of benzene rings is 3. The van der Waals surface area contributed by atoms with Crippen LogP contribution in [0.25, 0.3) is 0 Å². The van der Waals surface area contributed by atoms with Crippen LogP contribution in [0.15, 0.2) is 77.7 Å². The van der Waals surface area contributed by atoms with Crippen LogP contribution in [0.1, 0.15) is 0 Å². The molecule has 1 aliphatic heterocycles. The van der Waals surface area contributed by atoms with Gasteiger partial charge in [0.15, 0.2) is 6.10 Å². The van der Waals surface area contributed by atoms with Gasteiger partial charge in [-0.1, -0.05) is 35.9 Å². The Morgan fingerprint density at radius 1 is 1.03 bits per heavy atom. The highest BCUT2D eigenvalue weighted by molar-refractivity contribution is 7.92. The molecule has 9 heteroatoms. The van der Waals surface area contributed by atoms with Crippen molar-refractivity contribution in [3.63, 3.8) is 0 Å². The Kier molecular flexibility index (Phi) is 5.36. The van der Waals surface area contributed by atoms with Crippen molar-refractivity contribution in [1.82, 2.24) is 0 Å². The average molecular weight is 447 g/mol. The number of amides is 1. The van der Waals surface area contributed by atoms with Crippen molar-refractivity contribution >= 4 is 38.9 Å². The molecular weight excluding hydrogens is 431 g/mol. The molecule has 4 rings (SSSR count). The van der Waals surface area contributed by atoms with Gasteiger partial charge in [0.2, 0.25) is 0 Å². The van der Waals surface area contributed by atoms with Crippen molar-refractivity contribution in [2.24, 2.45) is 0 Å². The summed E-state index contributed by atoms with van der Waals surface area (Å²) >= 11 is 5.87. The summed E-state index contributed by atoms with van der Waals surface area (Å²) in [6.45, 7) is -0.276. The Balaban J connectivity index is 1.68. The quantitative estimate of drug-likeness (QED) is 0.655. The second kappa shape index (κ2) is 7.97. The van der Waals surface area contributed by atoms with Crippen LogP contribution in [0.4, 0.5) is 15.8 Å². The lowest BCUT2D eigenvalue weighted by atomic mass is 10.2. The largest absolute Gasteiger partial charge is 0.476 e. The van der Waals surface area contributed by atoms with Gasteiger partial charge in [0.25, 0.3) is 15.9 Å². The van der Waals surface area contributed by atoms with Gasteiger partial charge in [-0.3, -0.25) is 9.10 Å². The zero-order valence-corrected chi connectivity index (χ0v) is 17.0. The SMILES string of the molecule is O=C(Nc1ccccc1F)[C@@H]1CN(S(=O)(=O)c2ccc(Cl)cc2)c2ccccc2O1. The molecule has 6 nitrogen and oxygen atoms in total. The van der Waals surface area contributed by atoms with E-state index in [1.165, 1.54) is 42.5 Å². The van der Waals surface area contributed by atoms with Gasteiger partial charge in [0.1, 0.15) is 11.6 Å². The Morgan fingerprint density at radius 3 is 2.43 bits per heavy atom. The van der Waals surface area contributed by atoms with E-state index in [1.54, 1.807) is 30.3 Å². The third-order valence-corrected chi connectivity index (χ3v) is 6.61. The van der Waals surface area contributed by atoms with Crippen LogP contribution in [0.2, 0.25) is 5.02 Å². The smallest absolute Gasteiger partial charge is 0.267 e. The highest BCUT2D eigenvalue weighted by Gasteiger charge is 2.37. The maximum Gasteiger partial charge on any atom is 0.267 e. The van der Waals surface area contributed by atoms with E-state index in [4.69, 9.17) is 16.3 Å². The van der Waals surface area contributed by atoms with Crippen molar-refractivity contribution in [3.05, 3.63) is 83.6 Å². The van der Waals surface area contributed by atoms with Gasteiger partial charge in [-0.2, -0.15) is 0 Å². The molecule has 1 amide bonds. The molecule has 0 spiro atoms. The first-order valence-corrected chi connectivity index (χ1v) is 10.8. The summed E-state index contributed by atoms with van der Waals surface area (Å²) < 4.78 is 47.3. The van der Waals surface area contributed by atoms with Crippen LogP contribution in [0, 0.1) is 5.82 Å². The molecule has 0 aromatic heterocycles. The van der Waals surface area contributed by atoms with Gasteiger partial charge < -0.3 is 10.1 Å². The van der Waals surface area contributed by atoms with Gasteiger partial charge in [-0.25, -0.2) is 12.8 Å². The van der Waals surface area contributed by atoms with Crippen LogP contribution >= 0.6 is 11.6 Å². The molecule has 1 atom stereocenters. The first-order valence-electron chi connectivity index (χ1n) is 8.95. The number of nitrogens with zero attached hydrogens (tertiary/aromatic N) is 1. The van der Waals surface area contributed by atoms with Crippen molar-refractivity contribution in [2.75, 3.05) is 16.2 Å². The van der Waals surface area contributed by atoms with Gasteiger partial charge in [-0.15, -0.1) is 0 Å². The molecule has 1 N–H and O–H groups in total. The number of hydrogen-bond donors (Lipinski definition) is 1. The number of para-hydroxylation sites is 3. The monoisotopic (exact) mass is 446 g/mol. The maximum atomic E-state index is 13.9. The second-order valence-electron chi connectivity index (χ2n) is 6.53. The van der Waals surface area contributed by atoms with E-state index >= 15 is 0 Å². The minimum Gasteiger partial charge on any atom is -0.476 e. The summed E-state index contributed by atoms with van der Waals surface area (Å²) in [6.07, 6.45) is -1.18. The number of ether oxygens (including phenoxy) is 1. The van der Waals surface area contributed by atoms with Crippen molar-refractivity contribution < 1.29 is 22.3 Å². The summed E-state index contributed by atoms with van der Waals surface area (Å²) in [5, 5.41) is 2.85. The van der Waals surface area contributed by atoms with Gasteiger partial charge in [0.05, 0.1) is 22.8 Å². The number of hydrogen-bond acceptors (Lipinski definition) is 4. The fourth-order valence-corrected chi connectivity index (χ4v) is 4.68. The van der Waals surface area contributed by atoms with E-state index < -0.39 is 27.9 Å². The molecule has 0 bridgehead atoms. The lowest BCUT2D eigenvalue weighted by Crippen LogP contribution is -2.48. The van der Waals surface area contributed by atoms with E-state index in [-0.39, 0.29) is 22.9 Å². The molecule has 30 heavy (non-hydrogen) atoms. The van der Waals surface area contributed by atoms with Gasteiger partial charge >= 0.3 is 0 Å². The lowest BCUT2D eigenvalue weighted by molar-refractivity contribution is -0.122. The number of rotatable bonds is 4. The summed E-state index contributed by atoms with van der Waals surface area (Å²) in [5.41, 5.74) is 0.291. The molecule has 1 heterocycles. The summed E-state index contributed by atoms with van der Waals surface area (Å²) in [6, 6.07) is 17.9. The van der Waals surface area contributed by atoms with E-state index in [0.717, 1.165) is 4.31 Å². The molecule has 154 valence electrons. The zero-order valence-electron chi connectivity index (χ0n) is 15.5. The number of carbonyl (C=O) groups is 1. The molecule has 0 saturated heterocycles. The molecule has 0 aliphatic carbocycles. The van der Waals surface area contributed by atoms with Crippen LogP contribution in [0.5, 0.6) is 5.75 Å². The Hall–Kier alpha value is -3.10. The molecule has 3 aromatic rings. The normalized spacial score (nSPS) is 15.8. The molecule has 0 saturated carbocycles. The maximum absolute atomic E-state index is 13.9. The first-order chi connectivity index (χ1) is 14.4. The van der Waals surface area contributed by atoms with Crippen LogP contribution in [0.3, 0.4) is 0 Å². The predicted octanol–water partition coefficient (Wildman–Crippen LogP) is 4.07. The molecule has 0 fully saturated rings.